The summed E-state index contributed by atoms with van der Waals surface area (Å²) in [4.78, 5) is 11.3. The lowest BCUT2D eigenvalue weighted by molar-refractivity contribution is -0.118. The van der Waals surface area contributed by atoms with Crippen LogP contribution in [0.3, 0.4) is 0 Å². The zero-order chi connectivity index (χ0) is 11.7. The topological polar surface area (TPSA) is 26.3 Å². The van der Waals surface area contributed by atoms with Gasteiger partial charge in [-0.3, -0.25) is 4.79 Å². The van der Waals surface area contributed by atoms with Gasteiger partial charge in [0.25, 0.3) is 0 Å². The van der Waals surface area contributed by atoms with Gasteiger partial charge < -0.3 is 4.74 Å². The summed E-state index contributed by atoms with van der Waals surface area (Å²) in [6, 6.07) is 4.28. The molecule has 1 aromatic carbocycles. The van der Waals surface area contributed by atoms with E-state index in [1.165, 1.54) is 29.0 Å². The second kappa shape index (κ2) is 4.12. The van der Waals surface area contributed by atoms with Crippen LogP contribution in [0.1, 0.15) is 34.8 Å². The quantitative estimate of drug-likeness (QED) is 0.720. The minimum atomic E-state index is -0.114. The molecule has 1 aromatic rings. The summed E-state index contributed by atoms with van der Waals surface area (Å²) in [5.41, 5.74) is 4.84. The molecule has 2 rings (SSSR count). The summed E-state index contributed by atoms with van der Waals surface area (Å²) in [6.07, 6.45) is 3.33. The van der Waals surface area contributed by atoms with Crippen LogP contribution in [0.2, 0.25) is 0 Å². The van der Waals surface area contributed by atoms with Crippen LogP contribution < -0.4 is 0 Å². The first-order chi connectivity index (χ1) is 7.58. The molecule has 1 heterocycles. The number of hydrogen-bond acceptors (Lipinski definition) is 2. The molecule has 1 atom stereocenters. The van der Waals surface area contributed by atoms with E-state index in [4.69, 9.17) is 4.74 Å². The van der Waals surface area contributed by atoms with Gasteiger partial charge in [-0.2, -0.15) is 0 Å². The first kappa shape index (κ1) is 10.9. The predicted octanol–water partition coefficient (Wildman–Crippen LogP) is 3.16. The molecule has 0 radical (unpaired) electrons. The molecule has 2 heteroatoms. The maximum Gasteiger partial charge on any atom is 0.162 e. The Balaban J connectivity index is 2.37. The Morgan fingerprint density at radius 3 is 2.50 bits per heavy atom. The molecule has 0 amide bonds. The first-order valence-corrected chi connectivity index (χ1v) is 5.50. The van der Waals surface area contributed by atoms with Gasteiger partial charge in [-0.25, -0.2) is 0 Å². The molecule has 2 nitrogen and oxygen atoms in total. The number of ketones is 1. The van der Waals surface area contributed by atoms with Crippen LogP contribution in [0.4, 0.5) is 0 Å². The Kier molecular flexibility index (Phi) is 2.82. The number of allylic oxidation sites excluding steroid dienone is 1. The highest BCUT2D eigenvalue weighted by atomic mass is 16.5. The second-order valence-electron chi connectivity index (χ2n) is 4.39. The second-order valence-corrected chi connectivity index (χ2v) is 4.39. The molecule has 0 saturated heterocycles. The highest BCUT2D eigenvalue weighted by molar-refractivity contribution is 5.90. The van der Waals surface area contributed by atoms with Gasteiger partial charge in [-0.1, -0.05) is 12.1 Å². The SMILES string of the molecule is Cc1cc(C)c(C2CC(=O)C=CO2)cc1C. The van der Waals surface area contributed by atoms with E-state index in [1.807, 2.05) is 0 Å². The van der Waals surface area contributed by atoms with Crippen molar-refractivity contribution in [2.75, 3.05) is 0 Å². The van der Waals surface area contributed by atoms with Gasteiger partial charge in [0, 0.05) is 6.08 Å². The van der Waals surface area contributed by atoms with Gasteiger partial charge in [-0.05, 0) is 43.0 Å². The maximum atomic E-state index is 11.3. The number of carbonyl (C=O) groups is 1. The molecule has 16 heavy (non-hydrogen) atoms. The minimum absolute atomic E-state index is 0.114. The third-order valence-electron chi connectivity index (χ3n) is 3.11. The zero-order valence-electron chi connectivity index (χ0n) is 9.91. The van der Waals surface area contributed by atoms with Crippen molar-refractivity contribution in [1.29, 1.82) is 0 Å². The van der Waals surface area contributed by atoms with Gasteiger partial charge >= 0.3 is 0 Å². The molecule has 1 aliphatic heterocycles. The zero-order valence-corrected chi connectivity index (χ0v) is 9.91. The highest BCUT2D eigenvalue weighted by Gasteiger charge is 2.20. The molecule has 1 unspecified atom stereocenters. The Bertz CT molecular complexity index is 458. The van der Waals surface area contributed by atoms with Crippen molar-refractivity contribution in [3.05, 3.63) is 46.7 Å². The van der Waals surface area contributed by atoms with Crippen LogP contribution in [0.25, 0.3) is 0 Å². The van der Waals surface area contributed by atoms with E-state index < -0.39 is 0 Å². The van der Waals surface area contributed by atoms with Crippen LogP contribution in [0.5, 0.6) is 0 Å². The minimum Gasteiger partial charge on any atom is -0.493 e. The third-order valence-corrected chi connectivity index (χ3v) is 3.11. The Morgan fingerprint density at radius 1 is 1.12 bits per heavy atom. The molecule has 0 bridgehead atoms. The Labute approximate surface area is 95.9 Å². The van der Waals surface area contributed by atoms with E-state index in [0.29, 0.717) is 6.42 Å². The normalized spacial score (nSPS) is 19.7. The van der Waals surface area contributed by atoms with Crippen molar-refractivity contribution in [2.24, 2.45) is 0 Å². The predicted molar refractivity (Wildman–Crippen MR) is 63.2 cm³/mol. The van der Waals surface area contributed by atoms with E-state index in [2.05, 4.69) is 32.9 Å². The average molecular weight is 216 g/mol. The Hall–Kier alpha value is -1.57. The fourth-order valence-electron chi connectivity index (χ4n) is 2.02. The number of carbonyl (C=O) groups excluding carboxylic acids is 1. The molecular formula is C14H16O2. The van der Waals surface area contributed by atoms with Crippen molar-refractivity contribution >= 4 is 5.78 Å². The van der Waals surface area contributed by atoms with Gasteiger partial charge in [0.15, 0.2) is 5.78 Å². The number of aryl methyl sites for hydroxylation is 3. The smallest absolute Gasteiger partial charge is 0.162 e. The lowest BCUT2D eigenvalue weighted by Gasteiger charge is -2.21. The summed E-state index contributed by atoms with van der Waals surface area (Å²) in [6.45, 7) is 6.24. The largest absolute Gasteiger partial charge is 0.493 e. The fraction of sp³-hybridized carbons (Fsp3) is 0.357. The van der Waals surface area contributed by atoms with Gasteiger partial charge in [-0.15, -0.1) is 0 Å². The number of hydrogen-bond donors (Lipinski definition) is 0. The molecule has 1 aliphatic rings. The molecule has 84 valence electrons. The van der Waals surface area contributed by atoms with E-state index in [9.17, 15) is 4.79 Å². The number of ether oxygens (including phenoxy) is 1. The molecule has 0 fully saturated rings. The van der Waals surface area contributed by atoms with Crippen molar-refractivity contribution < 1.29 is 9.53 Å². The monoisotopic (exact) mass is 216 g/mol. The molecule has 0 N–H and O–H groups in total. The lowest BCUT2D eigenvalue weighted by atomic mass is 9.94. The van der Waals surface area contributed by atoms with Crippen LogP contribution in [-0.2, 0) is 9.53 Å². The first-order valence-electron chi connectivity index (χ1n) is 5.50. The number of benzene rings is 1. The maximum absolute atomic E-state index is 11.3. The third kappa shape index (κ3) is 2.01. The lowest BCUT2D eigenvalue weighted by Crippen LogP contribution is -2.12. The van der Waals surface area contributed by atoms with Crippen molar-refractivity contribution in [2.45, 2.75) is 33.3 Å². The molecule has 0 spiro atoms. The molecule has 0 saturated carbocycles. The summed E-state index contributed by atoms with van der Waals surface area (Å²) >= 11 is 0. The van der Waals surface area contributed by atoms with Crippen LogP contribution in [-0.4, -0.2) is 5.78 Å². The van der Waals surface area contributed by atoms with Crippen molar-refractivity contribution in [3.8, 4) is 0 Å². The van der Waals surface area contributed by atoms with E-state index in [1.54, 1.807) is 0 Å². The summed E-state index contributed by atoms with van der Waals surface area (Å²) in [5.74, 6) is 0.133. The summed E-state index contributed by atoms with van der Waals surface area (Å²) in [5, 5.41) is 0. The van der Waals surface area contributed by atoms with Crippen LogP contribution >= 0.6 is 0 Å². The molecule has 0 aromatic heterocycles. The average Bonchev–Trinajstić information content (AvgIpc) is 2.23. The Morgan fingerprint density at radius 2 is 1.81 bits per heavy atom. The van der Waals surface area contributed by atoms with Crippen molar-refractivity contribution in [3.63, 3.8) is 0 Å². The summed E-state index contributed by atoms with van der Waals surface area (Å²) < 4.78 is 5.51. The van der Waals surface area contributed by atoms with E-state index in [-0.39, 0.29) is 11.9 Å². The van der Waals surface area contributed by atoms with Gasteiger partial charge in [0.2, 0.25) is 0 Å². The van der Waals surface area contributed by atoms with Gasteiger partial charge in [0.05, 0.1) is 12.7 Å². The van der Waals surface area contributed by atoms with Gasteiger partial charge in [0.1, 0.15) is 6.10 Å². The summed E-state index contributed by atoms with van der Waals surface area (Å²) in [7, 11) is 0. The van der Waals surface area contributed by atoms with E-state index in [0.717, 1.165) is 5.56 Å². The van der Waals surface area contributed by atoms with Crippen molar-refractivity contribution in [1.82, 2.24) is 0 Å². The fourth-order valence-corrected chi connectivity index (χ4v) is 2.02. The molecule has 0 aliphatic carbocycles. The number of rotatable bonds is 1. The van der Waals surface area contributed by atoms with Crippen LogP contribution in [0, 0.1) is 20.8 Å². The van der Waals surface area contributed by atoms with Crippen LogP contribution in [0.15, 0.2) is 24.5 Å². The molecular weight excluding hydrogens is 200 g/mol. The highest BCUT2D eigenvalue weighted by Crippen LogP contribution is 2.29. The van der Waals surface area contributed by atoms with E-state index >= 15 is 0 Å². The standard InChI is InChI=1S/C14H16O2/c1-9-6-11(3)13(7-10(9)2)14-8-12(15)4-5-16-14/h4-7,14H,8H2,1-3H3.